The molecule has 1 fully saturated rings. The van der Waals surface area contributed by atoms with Gasteiger partial charge in [-0.15, -0.1) is 0 Å². The molecule has 0 bridgehead atoms. The average Bonchev–Trinajstić information content (AvgIpc) is 2.64. The highest BCUT2D eigenvalue weighted by Gasteiger charge is 2.23. The zero-order valence-corrected chi connectivity index (χ0v) is 14.7. The monoisotopic (exact) mass is 351 g/mol. The number of hydrogen-bond acceptors (Lipinski definition) is 5. The molecule has 0 unspecified atom stereocenters. The summed E-state index contributed by atoms with van der Waals surface area (Å²) >= 11 is 0. The molecule has 3 rings (SSSR count). The van der Waals surface area contributed by atoms with Gasteiger partial charge in [-0.1, -0.05) is 13.0 Å². The second-order valence-corrected chi connectivity index (χ2v) is 6.59. The lowest BCUT2D eigenvalue weighted by Gasteiger charge is -2.32. The van der Waals surface area contributed by atoms with Crippen molar-refractivity contribution in [2.24, 2.45) is 13.0 Å². The van der Waals surface area contributed by atoms with E-state index in [1.54, 1.807) is 13.1 Å². The second-order valence-electron chi connectivity index (χ2n) is 6.59. The Morgan fingerprint density at radius 2 is 1.92 bits per heavy atom. The van der Waals surface area contributed by atoms with Gasteiger partial charge in [-0.3, -0.25) is 9.36 Å². The van der Waals surface area contributed by atoms with Crippen LogP contribution in [-0.4, -0.2) is 22.6 Å². The summed E-state index contributed by atoms with van der Waals surface area (Å²) in [5.74, 6) is 0.388. The zero-order chi connectivity index (χ0) is 18.8. The van der Waals surface area contributed by atoms with Crippen molar-refractivity contribution >= 4 is 5.95 Å². The molecular weight excluding hydrogens is 333 g/mol. The number of rotatable bonds is 2. The predicted molar refractivity (Wildman–Crippen MR) is 94.9 cm³/mol. The van der Waals surface area contributed by atoms with E-state index < -0.39 is 11.4 Å². The molecule has 0 N–H and O–H groups in total. The lowest BCUT2D eigenvalue weighted by Crippen LogP contribution is -2.38. The van der Waals surface area contributed by atoms with E-state index in [0.717, 1.165) is 32.0 Å². The Balaban J connectivity index is 2.16. The highest BCUT2D eigenvalue weighted by molar-refractivity contribution is 5.68. The van der Waals surface area contributed by atoms with Gasteiger partial charge in [0.1, 0.15) is 23.5 Å². The van der Waals surface area contributed by atoms with Crippen LogP contribution in [0, 0.1) is 34.4 Å². The quantitative estimate of drug-likeness (QED) is 0.830. The Bertz CT molecular complexity index is 991. The van der Waals surface area contributed by atoms with Crippen molar-refractivity contribution in [3.63, 3.8) is 0 Å². The summed E-state index contributed by atoms with van der Waals surface area (Å²) in [7, 11) is 1.59. The van der Waals surface area contributed by atoms with E-state index in [9.17, 15) is 14.4 Å². The second kappa shape index (κ2) is 6.97. The van der Waals surface area contributed by atoms with Crippen LogP contribution in [0.3, 0.4) is 0 Å². The van der Waals surface area contributed by atoms with E-state index in [2.05, 4.69) is 11.9 Å². The zero-order valence-electron chi connectivity index (χ0n) is 14.7. The van der Waals surface area contributed by atoms with Gasteiger partial charge in [0.05, 0.1) is 11.3 Å². The van der Waals surface area contributed by atoms with Crippen LogP contribution >= 0.6 is 0 Å². The first-order valence-electron chi connectivity index (χ1n) is 8.42. The standard InChI is InChI=1S/C19H18FN5O/c1-12-5-7-25(8-6-12)19-23-17(15(11-22)18(26)24(19)2)13-3-4-14(10-21)16(20)9-13/h3-4,9,12H,5-8H2,1-2H3. The van der Waals surface area contributed by atoms with Crippen molar-refractivity contribution < 1.29 is 4.39 Å². The van der Waals surface area contributed by atoms with Crippen molar-refractivity contribution in [3.05, 3.63) is 45.5 Å². The summed E-state index contributed by atoms with van der Waals surface area (Å²) in [4.78, 5) is 19.2. The van der Waals surface area contributed by atoms with Crippen LogP contribution in [0.5, 0.6) is 0 Å². The van der Waals surface area contributed by atoms with Crippen LogP contribution in [0.4, 0.5) is 10.3 Å². The van der Waals surface area contributed by atoms with Crippen molar-refractivity contribution in [2.75, 3.05) is 18.0 Å². The fraction of sp³-hybridized carbons (Fsp3) is 0.368. The number of nitrogens with zero attached hydrogens (tertiary/aromatic N) is 5. The minimum absolute atomic E-state index is 0.0960. The van der Waals surface area contributed by atoms with Gasteiger partial charge in [0.25, 0.3) is 5.56 Å². The number of benzene rings is 1. The van der Waals surface area contributed by atoms with Gasteiger partial charge in [0.15, 0.2) is 0 Å². The molecule has 1 aromatic carbocycles. The molecule has 0 atom stereocenters. The van der Waals surface area contributed by atoms with E-state index in [4.69, 9.17) is 5.26 Å². The summed E-state index contributed by atoms with van der Waals surface area (Å²) in [5, 5.41) is 18.3. The average molecular weight is 351 g/mol. The molecule has 6 nitrogen and oxygen atoms in total. The molecule has 7 heteroatoms. The number of piperidine rings is 1. The summed E-state index contributed by atoms with van der Waals surface area (Å²) < 4.78 is 15.4. The summed E-state index contributed by atoms with van der Waals surface area (Å²) in [6.45, 7) is 3.73. The normalized spacial score (nSPS) is 14.7. The Morgan fingerprint density at radius 3 is 2.50 bits per heavy atom. The predicted octanol–water partition coefficient (Wildman–Crippen LogP) is 2.57. The maximum atomic E-state index is 14.0. The van der Waals surface area contributed by atoms with E-state index >= 15 is 0 Å². The van der Waals surface area contributed by atoms with Crippen LogP contribution in [-0.2, 0) is 7.05 Å². The van der Waals surface area contributed by atoms with Gasteiger partial charge >= 0.3 is 0 Å². The third-order valence-electron chi connectivity index (χ3n) is 4.81. The lowest BCUT2D eigenvalue weighted by molar-refractivity contribution is 0.431. The minimum Gasteiger partial charge on any atom is -0.342 e. The topological polar surface area (TPSA) is 85.7 Å². The molecule has 1 aromatic heterocycles. The van der Waals surface area contributed by atoms with Crippen LogP contribution in [0.2, 0.25) is 0 Å². The maximum absolute atomic E-state index is 14.0. The minimum atomic E-state index is -0.704. The molecular formula is C19H18FN5O. The van der Waals surface area contributed by atoms with Gasteiger partial charge in [0.2, 0.25) is 5.95 Å². The van der Waals surface area contributed by atoms with Crippen LogP contribution in [0.25, 0.3) is 11.3 Å². The molecule has 0 spiro atoms. The molecule has 2 heterocycles. The fourth-order valence-electron chi connectivity index (χ4n) is 3.14. The van der Waals surface area contributed by atoms with Gasteiger partial charge in [-0.05, 0) is 30.9 Å². The lowest BCUT2D eigenvalue weighted by atomic mass is 9.99. The van der Waals surface area contributed by atoms with Crippen molar-refractivity contribution in [1.29, 1.82) is 10.5 Å². The number of anilines is 1. The largest absolute Gasteiger partial charge is 0.342 e. The highest BCUT2D eigenvalue weighted by atomic mass is 19.1. The molecule has 1 saturated heterocycles. The maximum Gasteiger partial charge on any atom is 0.273 e. The Morgan fingerprint density at radius 1 is 1.23 bits per heavy atom. The molecule has 2 aromatic rings. The molecule has 0 aliphatic carbocycles. The third-order valence-corrected chi connectivity index (χ3v) is 4.81. The third kappa shape index (κ3) is 3.04. The Labute approximate surface area is 150 Å². The molecule has 0 saturated carbocycles. The number of nitriles is 2. The van der Waals surface area contributed by atoms with E-state index in [0.29, 0.717) is 17.4 Å². The van der Waals surface area contributed by atoms with Crippen molar-refractivity contribution in [3.8, 4) is 23.4 Å². The summed E-state index contributed by atoms with van der Waals surface area (Å²) in [6.07, 6.45) is 1.99. The number of hydrogen-bond donors (Lipinski definition) is 0. The van der Waals surface area contributed by atoms with Crippen LogP contribution < -0.4 is 10.5 Å². The molecule has 26 heavy (non-hydrogen) atoms. The Kier molecular flexibility index (Phi) is 4.73. The van der Waals surface area contributed by atoms with Gasteiger partial charge in [-0.25, -0.2) is 9.37 Å². The first-order valence-corrected chi connectivity index (χ1v) is 8.42. The number of aromatic nitrogens is 2. The Hall–Kier alpha value is -3.19. The van der Waals surface area contributed by atoms with E-state index in [-0.39, 0.29) is 16.8 Å². The SMILES string of the molecule is CC1CCN(c2nc(-c3ccc(C#N)c(F)c3)c(C#N)c(=O)n2C)CC1. The van der Waals surface area contributed by atoms with Gasteiger partial charge < -0.3 is 4.90 Å². The van der Waals surface area contributed by atoms with Gasteiger partial charge in [0, 0.05) is 25.7 Å². The van der Waals surface area contributed by atoms with Crippen LogP contribution in [0.1, 0.15) is 30.9 Å². The highest BCUT2D eigenvalue weighted by Crippen LogP contribution is 2.26. The first kappa shape index (κ1) is 17.6. The molecule has 0 amide bonds. The summed E-state index contributed by atoms with van der Waals surface area (Å²) in [6, 6.07) is 7.62. The van der Waals surface area contributed by atoms with Crippen molar-refractivity contribution in [1.82, 2.24) is 9.55 Å². The van der Waals surface area contributed by atoms with Crippen molar-refractivity contribution in [2.45, 2.75) is 19.8 Å². The smallest absolute Gasteiger partial charge is 0.273 e. The van der Waals surface area contributed by atoms with Gasteiger partial charge in [-0.2, -0.15) is 10.5 Å². The van der Waals surface area contributed by atoms with E-state index in [1.165, 1.54) is 16.7 Å². The van der Waals surface area contributed by atoms with Crippen LogP contribution in [0.15, 0.2) is 23.0 Å². The molecule has 0 radical (unpaired) electrons. The fourth-order valence-corrected chi connectivity index (χ4v) is 3.14. The molecule has 132 valence electrons. The summed E-state index contributed by atoms with van der Waals surface area (Å²) in [5.41, 5.74) is -0.238. The van der Waals surface area contributed by atoms with E-state index in [1.807, 2.05) is 11.0 Å². The molecule has 1 aliphatic heterocycles. The first-order chi connectivity index (χ1) is 12.5. The number of halogens is 1. The molecule has 1 aliphatic rings.